The van der Waals surface area contributed by atoms with E-state index in [0.29, 0.717) is 11.3 Å². The van der Waals surface area contributed by atoms with Gasteiger partial charge in [-0.15, -0.1) is 0 Å². The second-order valence-corrected chi connectivity index (χ2v) is 8.78. The number of hydrogen-bond acceptors (Lipinski definition) is 7. The maximum Gasteiger partial charge on any atom is 0.334 e. The Morgan fingerprint density at radius 2 is 2.16 bits per heavy atom. The monoisotopic (exact) mass is 444 g/mol. The van der Waals surface area contributed by atoms with Gasteiger partial charge in [-0.25, -0.2) is 13.2 Å². The van der Waals surface area contributed by atoms with Crippen molar-refractivity contribution in [1.29, 1.82) is 0 Å². The molecule has 162 valence electrons. The molecule has 3 heterocycles. The summed E-state index contributed by atoms with van der Waals surface area (Å²) in [5.74, 6) is -0.650. The molecule has 2 aromatic heterocycles. The van der Waals surface area contributed by atoms with Crippen LogP contribution in [0.4, 0.5) is 0 Å². The Hall–Kier alpha value is -3.28. The lowest BCUT2D eigenvalue weighted by molar-refractivity contribution is -0.153. The number of aromatic amines is 1. The molecule has 1 unspecified atom stereocenters. The first-order chi connectivity index (χ1) is 14.9. The zero-order valence-electron chi connectivity index (χ0n) is 16.3. The largest absolute Gasteiger partial charge is 0.487 e. The van der Waals surface area contributed by atoms with Crippen molar-refractivity contribution in [1.82, 2.24) is 19.5 Å². The molecule has 31 heavy (non-hydrogen) atoms. The van der Waals surface area contributed by atoms with Gasteiger partial charge in [0.25, 0.3) is 0 Å². The number of sulfonamides is 1. The molecule has 0 radical (unpaired) electrons. The molecule has 3 aromatic rings. The molecular weight excluding hydrogens is 424 g/mol. The zero-order chi connectivity index (χ0) is 21.8. The lowest BCUT2D eigenvalue weighted by Gasteiger charge is -2.30. The molecule has 0 spiro atoms. The maximum atomic E-state index is 13.0. The number of pyridine rings is 1. The highest BCUT2D eigenvalue weighted by Gasteiger charge is 2.34. The van der Waals surface area contributed by atoms with Crippen LogP contribution in [0.3, 0.4) is 0 Å². The van der Waals surface area contributed by atoms with Crippen LogP contribution in [0.2, 0.25) is 0 Å². The smallest absolute Gasteiger partial charge is 0.334 e. The Balaban J connectivity index is 1.44. The van der Waals surface area contributed by atoms with E-state index in [4.69, 9.17) is 14.6 Å². The number of hydrogen-bond donors (Lipinski definition) is 2. The van der Waals surface area contributed by atoms with Crippen LogP contribution in [0, 0.1) is 0 Å². The van der Waals surface area contributed by atoms with Gasteiger partial charge < -0.3 is 14.6 Å². The molecule has 1 fully saturated rings. The number of nitrogens with one attached hydrogen (secondary N) is 1. The molecule has 0 aliphatic carbocycles. The molecule has 1 atom stereocenters. The van der Waals surface area contributed by atoms with Gasteiger partial charge in [0, 0.05) is 12.7 Å². The third kappa shape index (κ3) is 4.74. The molecule has 0 saturated carbocycles. The number of carbonyl (C=O) groups is 1. The number of aliphatic carboxylic acids is 1. The van der Waals surface area contributed by atoms with Gasteiger partial charge in [-0.05, 0) is 35.9 Å². The van der Waals surface area contributed by atoms with Crippen molar-refractivity contribution in [2.45, 2.75) is 17.6 Å². The molecule has 1 saturated heterocycles. The fraction of sp³-hybridized carbons (Fsp3) is 0.250. The topological polar surface area (TPSA) is 135 Å². The summed E-state index contributed by atoms with van der Waals surface area (Å²) >= 11 is 0. The Morgan fingerprint density at radius 3 is 2.87 bits per heavy atom. The first kappa shape index (κ1) is 21.0. The minimum atomic E-state index is -3.85. The molecule has 10 nitrogen and oxygen atoms in total. The average Bonchev–Trinajstić information content (AvgIpc) is 3.33. The summed E-state index contributed by atoms with van der Waals surface area (Å²) in [6.45, 7) is 0.0454. The molecule has 0 bridgehead atoms. The summed E-state index contributed by atoms with van der Waals surface area (Å²) in [4.78, 5) is 15.5. The number of carboxylic acid groups (broad SMARTS) is 1. The van der Waals surface area contributed by atoms with Crippen LogP contribution in [0.25, 0.3) is 11.4 Å². The van der Waals surface area contributed by atoms with E-state index in [1.807, 2.05) is 6.07 Å². The molecule has 1 aromatic carbocycles. The molecule has 1 aliphatic rings. The van der Waals surface area contributed by atoms with Gasteiger partial charge in [0.15, 0.2) is 6.10 Å². The lowest BCUT2D eigenvalue weighted by Crippen LogP contribution is -2.48. The number of morpholine rings is 1. The summed E-state index contributed by atoms with van der Waals surface area (Å²) in [5.41, 5.74) is 2.17. The van der Waals surface area contributed by atoms with E-state index in [2.05, 4.69) is 15.2 Å². The second kappa shape index (κ2) is 8.84. The van der Waals surface area contributed by atoms with Crippen LogP contribution < -0.4 is 4.74 Å². The number of benzene rings is 1. The van der Waals surface area contributed by atoms with Gasteiger partial charge in [0.1, 0.15) is 12.4 Å². The van der Waals surface area contributed by atoms with Crippen molar-refractivity contribution in [3.05, 3.63) is 60.4 Å². The molecule has 4 rings (SSSR count). The van der Waals surface area contributed by atoms with Crippen LogP contribution in [-0.4, -0.2) is 64.8 Å². The second-order valence-electron chi connectivity index (χ2n) is 6.85. The predicted octanol–water partition coefficient (Wildman–Crippen LogP) is 1.52. The van der Waals surface area contributed by atoms with Crippen molar-refractivity contribution >= 4 is 16.0 Å². The van der Waals surface area contributed by atoms with Crippen molar-refractivity contribution in [3.8, 4) is 17.1 Å². The van der Waals surface area contributed by atoms with Crippen molar-refractivity contribution in [2.24, 2.45) is 0 Å². The summed E-state index contributed by atoms with van der Waals surface area (Å²) in [6, 6.07) is 11.7. The van der Waals surface area contributed by atoms with Crippen LogP contribution in [0.5, 0.6) is 5.75 Å². The minimum Gasteiger partial charge on any atom is -0.487 e. The first-order valence-corrected chi connectivity index (χ1v) is 10.9. The van der Waals surface area contributed by atoms with Crippen molar-refractivity contribution in [2.75, 3.05) is 19.7 Å². The predicted molar refractivity (Wildman–Crippen MR) is 109 cm³/mol. The number of aromatic nitrogens is 3. The molecular formula is C20H20N4O6S. The lowest BCUT2D eigenvalue weighted by atomic mass is 10.2. The van der Waals surface area contributed by atoms with E-state index in [1.54, 1.807) is 36.7 Å². The Kier molecular flexibility index (Phi) is 5.98. The summed E-state index contributed by atoms with van der Waals surface area (Å²) in [7, 11) is -3.85. The fourth-order valence-corrected chi connectivity index (χ4v) is 4.62. The van der Waals surface area contributed by atoms with E-state index in [9.17, 15) is 13.2 Å². The van der Waals surface area contributed by atoms with E-state index in [-0.39, 0.29) is 31.2 Å². The number of rotatable bonds is 7. The number of nitrogens with zero attached hydrogens (tertiary/aromatic N) is 3. The average molecular weight is 444 g/mol. The Labute approximate surface area is 178 Å². The third-order valence-corrected chi connectivity index (χ3v) is 6.62. The SMILES string of the molecule is O=C(O)C1CN(S(=O)(=O)c2cccc(COc3ccc(-c4ccn[nH]4)nc3)c2)CCO1. The summed E-state index contributed by atoms with van der Waals surface area (Å²) in [6.07, 6.45) is 2.05. The van der Waals surface area contributed by atoms with Crippen LogP contribution in [-0.2, 0) is 26.2 Å². The van der Waals surface area contributed by atoms with Gasteiger partial charge in [-0.3, -0.25) is 10.1 Å². The molecule has 2 N–H and O–H groups in total. The Morgan fingerprint density at radius 1 is 1.29 bits per heavy atom. The quantitative estimate of drug-likeness (QED) is 0.560. The standard InChI is InChI=1S/C20H20N4O6S/c25-20(26)19-12-24(8-9-29-19)31(27,28)16-3-1-2-14(10-16)13-30-15-4-5-17(21-11-15)18-6-7-22-23-18/h1-7,10-11,19H,8-9,12-13H2,(H,22,23)(H,25,26). The van der Waals surface area contributed by atoms with Crippen molar-refractivity contribution < 1.29 is 27.8 Å². The highest BCUT2D eigenvalue weighted by molar-refractivity contribution is 7.89. The Bertz CT molecular complexity index is 1150. The van der Waals surface area contributed by atoms with Crippen LogP contribution in [0.1, 0.15) is 5.56 Å². The van der Waals surface area contributed by atoms with E-state index in [1.165, 1.54) is 12.1 Å². The normalized spacial score (nSPS) is 17.4. The first-order valence-electron chi connectivity index (χ1n) is 9.45. The van der Waals surface area contributed by atoms with Gasteiger partial charge in [-0.1, -0.05) is 12.1 Å². The number of carboxylic acids is 1. The van der Waals surface area contributed by atoms with Crippen molar-refractivity contribution in [3.63, 3.8) is 0 Å². The molecule has 11 heteroatoms. The maximum absolute atomic E-state index is 13.0. The van der Waals surface area contributed by atoms with Gasteiger partial charge >= 0.3 is 5.97 Å². The molecule has 0 amide bonds. The zero-order valence-corrected chi connectivity index (χ0v) is 17.2. The van der Waals surface area contributed by atoms with Crippen LogP contribution >= 0.6 is 0 Å². The van der Waals surface area contributed by atoms with Gasteiger partial charge in [-0.2, -0.15) is 9.40 Å². The highest BCUT2D eigenvalue weighted by atomic mass is 32.2. The van der Waals surface area contributed by atoms with Crippen LogP contribution in [0.15, 0.2) is 59.8 Å². The fourth-order valence-electron chi connectivity index (χ4n) is 3.13. The van der Waals surface area contributed by atoms with Gasteiger partial charge in [0.2, 0.25) is 10.0 Å². The van der Waals surface area contributed by atoms with Gasteiger partial charge in [0.05, 0.1) is 35.6 Å². The number of ether oxygens (including phenoxy) is 2. The molecule has 1 aliphatic heterocycles. The van der Waals surface area contributed by atoms with E-state index >= 15 is 0 Å². The van der Waals surface area contributed by atoms with E-state index in [0.717, 1.165) is 15.7 Å². The summed E-state index contributed by atoms with van der Waals surface area (Å²) in [5, 5.41) is 15.8. The van der Waals surface area contributed by atoms with E-state index < -0.39 is 22.1 Å². The summed E-state index contributed by atoms with van der Waals surface area (Å²) < 4.78 is 37.9. The highest BCUT2D eigenvalue weighted by Crippen LogP contribution is 2.22. The number of H-pyrrole nitrogens is 1. The third-order valence-electron chi connectivity index (χ3n) is 4.76. The minimum absolute atomic E-state index is 0.0283.